The number of aliphatic hydroxyl groups excluding tert-OH is 1. The van der Waals surface area contributed by atoms with E-state index in [1.54, 1.807) is 6.92 Å². The van der Waals surface area contributed by atoms with Crippen molar-refractivity contribution >= 4 is 15.9 Å². The van der Waals surface area contributed by atoms with Gasteiger partial charge in [0.25, 0.3) is 5.91 Å². The van der Waals surface area contributed by atoms with Crippen molar-refractivity contribution in [3.63, 3.8) is 0 Å². The quantitative estimate of drug-likeness (QED) is 0.793. The maximum absolute atomic E-state index is 12.6. The van der Waals surface area contributed by atoms with Crippen LogP contribution < -0.4 is 4.72 Å². The Labute approximate surface area is 129 Å². The Hall–Kier alpha value is -1.45. The molecule has 1 saturated heterocycles. The van der Waals surface area contributed by atoms with Crippen LogP contribution in [0.15, 0.2) is 4.52 Å². The second kappa shape index (κ2) is 5.98. The molecule has 22 heavy (non-hydrogen) atoms. The van der Waals surface area contributed by atoms with Crippen molar-refractivity contribution in [1.82, 2.24) is 14.8 Å². The average molecular weight is 331 g/mol. The Morgan fingerprint density at radius 1 is 1.45 bits per heavy atom. The molecule has 0 spiro atoms. The van der Waals surface area contributed by atoms with Crippen LogP contribution in [-0.4, -0.2) is 61.0 Å². The van der Waals surface area contributed by atoms with Crippen LogP contribution in [0.3, 0.4) is 0 Å². The molecule has 0 aromatic carbocycles. The van der Waals surface area contributed by atoms with Gasteiger partial charge in [-0.05, 0) is 12.8 Å². The van der Waals surface area contributed by atoms with Crippen molar-refractivity contribution in [2.24, 2.45) is 0 Å². The molecular formula is C13H21N3O5S. The minimum atomic E-state index is -3.45. The van der Waals surface area contributed by atoms with E-state index in [0.29, 0.717) is 17.0 Å². The molecule has 2 heterocycles. The van der Waals surface area contributed by atoms with Crippen LogP contribution in [0, 0.1) is 6.92 Å². The summed E-state index contributed by atoms with van der Waals surface area (Å²) in [7, 11) is -3.45. The van der Waals surface area contributed by atoms with Crippen molar-refractivity contribution in [2.75, 3.05) is 19.3 Å². The molecule has 1 amide bonds. The topological polar surface area (TPSA) is 113 Å². The molecule has 0 saturated carbocycles. The summed E-state index contributed by atoms with van der Waals surface area (Å²) in [6.07, 6.45) is 0.0759. The highest BCUT2D eigenvalue weighted by atomic mass is 32.2. The molecule has 9 heteroatoms. The molecule has 1 aliphatic rings. The lowest BCUT2D eigenvalue weighted by Gasteiger charge is -2.17. The van der Waals surface area contributed by atoms with Crippen LogP contribution in [-0.2, 0) is 10.0 Å². The van der Waals surface area contributed by atoms with Gasteiger partial charge in [-0.2, -0.15) is 0 Å². The third-order valence-electron chi connectivity index (χ3n) is 3.59. The number of nitrogens with one attached hydrogen (secondary N) is 1. The summed E-state index contributed by atoms with van der Waals surface area (Å²) in [6, 6.07) is -0.707. The molecule has 0 radical (unpaired) electrons. The zero-order valence-corrected chi connectivity index (χ0v) is 13.8. The predicted octanol–water partition coefficient (Wildman–Crippen LogP) is -0.159. The molecule has 124 valence electrons. The molecule has 1 aromatic heterocycles. The van der Waals surface area contributed by atoms with E-state index in [-0.39, 0.29) is 24.9 Å². The summed E-state index contributed by atoms with van der Waals surface area (Å²) in [5.74, 6) is 0.135. The van der Waals surface area contributed by atoms with Gasteiger partial charge in [0, 0.05) is 13.1 Å². The first kappa shape index (κ1) is 16.9. The number of aromatic nitrogens is 1. The van der Waals surface area contributed by atoms with Gasteiger partial charge in [-0.25, -0.2) is 13.1 Å². The van der Waals surface area contributed by atoms with Crippen molar-refractivity contribution in [3.8, 4) is 0 Å². The zero-order valence-electron chi connectivity index (χ0n) is 13.0. The summed E-state index contributed by atoms with van der Waals surface area (Å²) < 4.78 is 30.0. The van der Waals surface area contributed by atoms with Crippen LogP contribution in [0.2, 0.25) is 0 Å². The normalized spacial score (nSPS) is 22.5. The number of rotatable bonds is 4. The van der Waals surface area contributed by atoms with Crippen LogP contribution in [0.25, 0.3) is 0 Å². The molecular weight excluding hydrogens is 310 g/mol. The van der Waals surface area contributed by atoms with E-state index in [9.17, 15) is 18.3 Å². The van der Waals surface area contributed by atoms with Gasteiger partial charge in [0.05, 0.1) is 24.1 Å². The molecule has 0 aliphatic carbocycles. The molecule has 2 atom stereocenters. The number of β-amino-alcohol motifs (C(OH)–C–C–N with tert-alkyl or cyclic N) is 1. The Balaban J connectivity index is 2.20. The number of likely N-dealkylation sites (tertiary alicyclic amines) is 1. The van der Waals surface area contributed by atoms with Gasteiger partial charge in [0.1, 0.15) is 11.3 Å². The van der Waals surface area contributed by atoms with Crippen molar-refractivity contribution in [1.29, 1.82) is 0 Å². The third kappa shape index (κ3) is 3.47. The smallest absolute Gasteiger partial charge is 0.259 e. The number of sulfonamides is 1. The van der Waals surface area contributed by atoms with Crippen molar-refractivity contribution in [3.05, 3.63) is 17.0 Å². The van der Waals surface area contributed by atoms with Gasteiger partial charge in [-0.3, -0.25) is 4.79 Å². The van der Waals surface area contributed by atoms with Gasteiger partial charge >= 0.3 is 0 Å². The predicted molar refractivity (Wildman–Crippen MR) is 79.0 cm³/mol. The van der Waals surface area contributed by atoms with Crippen molar-refractivity contribution in [2.45, 2.75) is 38.8 Å². The highest BCUT2D eigenvalue weighted by molar-refractivity contribution is 7.88. The molecule has 0 unspecified atom stereocenters. The Morgan fingerprint density at radius 2 is 2.09 bits per heavy atom. The number of aliphatic hydroxyl groups is 1. The second-order valence-electron chi connectivity index (χ2n) is 5.93. The van der Waals surface area contributed by atoms with Gasteiger partial charge < -0.3 is 14.5 Å². The van der Waals surface area contributed by atoms with Gasteiger partial charge in [0.2, 0.25) is 10.0 Å². The zero-order chi connectivity index (χ0) is 16.7. The summed E-state index contributed by atoms with van der Waals surface area (Å²) in [4.78, 5) is 14.1. The van der Waals surface area contributed by atoms with Crippen LogP contribution in [0.1, 0.15) is 41.6 Å². The summed E-state index contributed by atoms with van der Waals surface area (Å²) in [6.45, 7) is 5.64. The lowest BCUT2D eigenvalue weighted by atomic mass is 10.0. The largest absolute Gasteiger partial charge is 0.390 e. The Morgan fingerprint density at radius 3 is 2.64 bits per heavy atom. The fourth-order valence-electron chi connectivity index (χ4n) is 2.54. The molecule has 2 N–H and O–H groups in total. The van der Waals surface area contributed by atoms with Crippen LogP contribution in [0.4, 0.5) is 0 Å². The van der Waals surface area contributed by atoms with E-state index in [1.165, 1.54) is 4.90 Å². The highest BCUT2D eigenvalue weighted by Crippen LogP contribution is 2.24. The van der Waals surface area contributed by atoms with E-state index in [4.69, 9.17) is 4.52 Å². The Kier molecular flexibility index (Phi) is 4.59. The molecule has 0 bridgehead atoms. The van der Waals surface area contributed by atoms with Crippen LogP contribution >= 0.6 is 0 Å². The first-order valence-electron chi connectivity index (χ1n) is 7.01. The van der Waals surface area contributed by atoms with Gasteiger partial charge in [-0.15, -0.1) is 0 Å². The van der Waals surface area contributed by atoms with E-state index >= 15 is 0 Å². The van der Waals surface area contributed by atoms with Gasteiger partial charge in [0.15, 0.2) is 0 Å². The van der Waals surface area contributed by atoms with Crippen LogP contribution in [0.5, 0.6) is 0 Å². The van der Waals surface area contributed by atoms with Crippen molar-refractivity contribution < 1.29 is 22.8 Å². The first-order valence-corrected chi connectivity index (χ1v) is 8.90. The summed E-state index contributed by atoms with van der Waals surface area (Å²) in [5, 5.41) is 13.9. The fraction of sp³-hybridized carbons (Fsp3) is 0.692. The monoisotopic (exact) mass is 331 g/mol. The van der Waals surface area contributed by atoms with E-state index < -0.39 is 22.2 Å². The first-order chi connectivity index (χ1) is 10.1. The van der Waals surface area contributed by atoms with E-state index in [1.807, 2.05) is 13.8 Å². The molecule has 2 rings (SSSR count). The maximum Gasteiger partial charge on any atom is 0.259 e. The number of carbonyl (C=O) groups is 1. The highest BCUT2D eigenvalue weighted by Gasteiger charge is 2.38. The number of hydrogen-bond donors (Lipinski definition) is 2. The van der Waals surface area contributed by atoms with Gasteiger partial charge in [-0.1, -0.05) is 19.0 Å². The second-order valence-corrected chi connectivity index (χ2v) is 7.71. The third-order valence-corrected chi connectivity index (χ3v) is 4.32. The number of nitrogens with zero attached hydrogens (tertiary/aromatic N) is 2. The van der Waals surface area contributed by atoms with E-state index in [2.05, 4.69) is 9.88 Å². The minimum absolute atomic E-state index is 0.0221. The standard InChI is InChI=1S/C13H21N3O5S/c1-7(2)12-11(8(3)21-14-12)13(18)16-5-9(10(17)6-16)15-22(4,19)20/h7,9-10,15,17H,5-6H2,1-4H3/t9-,10-/m1/s1. The lowest BCUT2D eigenvalue weighted by molar-refractivity contribution is 0.0762. The number of amides is 1. The molecule has 8 nitrogen and oxygen atoms in total. The Bertz CT molecular complexity index is 667. The summed E-state index contributed by atoms with van der Waals surface area (Å²) >= 11 is 0. The lowest BCUT2D eigenvalue weighted by Crippen LogP contribution is -2.42. The maximum atomic E-state index is 12.6. The van der Waals surface area contributed by atoms with E-state index in [0.717, 1.165) is 6.26 Å². The SMILES string of the molecule is Cc1onc(C(C)C)c1C(=O)N1C[C@@H](O)[C@H](NS(C)(=O)=O)C1. The molecule has 1 fully saturated rings. The summed E-state index contributed by atoms with van der Waals surface area (Å²) in [5.41, 5.74) is 0.957. The fourth-order valence-corrected chi connectivity index (χ4v) is 3.33. The number of carbonyl (C=O) groups excluding carboxylic acids is 1. The number of hydrogen-bond acceptors (Lipinski definition) is 6. The average Bonchev–Trinajstić information content (AvgIpc) is 2.91. The number of aryl methyl sites for hydroxylation is 1. The molecule has 1 aromatic rings. The minimum Gasteiger partial charge on any atom is -0.390 e. The molecule has 1 aliphatic heterocycles.